The topological polar surface area (TPSA) is 322 Å². The van der Waals surface area contributed by atoms with Crippen LogP contribution < -0.4 is 15.2 Å². The predicted molar refractivity (Wildman–Crippen MR) is 599 cm³/mol. The summed E-state index contributed by atoms with van der Waals surface area (Å²) in [6.07, 6.45) is 29.8. The number of nitrogens with zero attached hydrogens (tertiary/aromatic N) is 9. The Balaban J connectivity index is 0.000000273. The minimum atomic E-state index is -0.654. The summed E-state index contributed by atoms with van der Waals surface area (Å²) in [4.78, 5) is 71.2. The molecule has 0 aliphatic heterocycles. The highest BCUT2D eigenvalue weighted by Crippen LogP contribution is 2.45. The smallest absolute Gasteiger partial charge is 0.349 e. The van der Waals surface area contributed by atoms with Crippen molar-refractivity contribution in [1.29, 1.82) is 5.26 Å². The molecule has 0 radical (unpaired) electrons. The lowest BCUT2D eigenvalue weighted by Crippen LogP contribution is -2.40. The van der Waals surface area contributed by atoms with E-state index in [9.17, 15) is 45.3 Å². The Morgan fingerprint density at radius 2 is 1.10 bits per heavy atom. The van der Waals surface area contributed by atoms with Crippen LogP contribution >= 0.6 is 69.9 Å². The number of non-ortho nitro benzene ring substituents is 1. The van der Waals surface area contributed by atoms with Gasteiger partial charge in [-0.1, -0.05) is 311 Å². The van der Waals surface area contributed by atoms with Gasteiger partial charge in [-0.15, -0.1) is 40.4 Å². The number of aromatic amines is 1. The van der Waals surface area contributed by atoms with Gasteiger partial charge in [0.15, 0.2) is 30.1 Å². The molecule has 18 rings (SSSR count). The maximum atomic E-state index is 12.1. The first-order valence-corrected chi connectivity index (χ1v) is 52.1. The van der Waals surface area contributed by atoms with E-state index in [4.69, 9.17) is 43.6 Å². The van der Waals surface area contributed by atoms with E-state index in [0.717, 1.165) is 111 Å². The number of nitriles is 1. The molecular weight excluding hydrogens is 1920 g/mol. The van der Waals surface area contributed by atoms with Gasteiger partial charge in [-0.3, -0.25) is 20.2 Å². The van der Waals surface area contributed by atoms with E-state index in [1.54, 1.807) is 30.4 Å². The van der Waals surface area contributed by atoms with Crippen LogP contribution in [0.4, 0.5) is 11.4 Å². The zero-order valence-electron chi connectivity index (χ0n) is 82.0. The number of esters is 2. The molecule has 4 heterocycles. The molecule has 3 saturated carbocycles. The highest BCUT2D eigenvalue weighted by atomic mass is 32.2. The molecule has 0 saturated heterocycles. The summed E-state index contributed by atoms with van der Waals surface area (Å²) in [5.74, 6) is 10.9. The van der Waals surface area contributed by atoms with Crippen LogP contribution in [0.3, 0.4) is 0 Å². The third-order valence-corrected chi connectivity index (χ3v) is 29.2. The van der Waals surface area contributed by atoms with E-state index in [2.05, 4.69) is 144 Å². The molecule has 28 heteroatoms. The molecule has 0 atom stereocenters. The van der Waals surface area contributed by atoms with Gasteiger partial charge in [0.25, 0.3) is 11.4 Å². The fourth-order valence-corrected chi connectivity index (χ4v) is 22.1. The highest BCUT2D eigenvalue weighted by molar-refractivity contribution is 8.01. The van der Waals surface area contributed by atoms with Gasteiger partial charge in [0.1, 0.15) is 40.7 Å². The van der Waals surface area contributed by atoms with Crippen LogP contribution in [0.5, 0.6) is 23.0 Å². The Bertz CT molecular complexity index is 7080. The number of carbonyl (C=O) groups excluding carboxylic acids is 2. The summed E-state index contributed by atoms with van der Waals surface area (Å²) in [6.45, 7) is 22.1. The number of aromatic nitrogens is 6. The number of carbonyl (C=O) groups is 2. The number of aromatic hydroxyl groups is 2. The molecule has 3 aliphatic carbocycles. The van der Waals surface area contributed by atoms with E-state index in [-0.39, 0.29) is 48.7 Å². The molecule has 22 nitrogen and oxygen atoms in total. The van der Waals surface area contributed by atoms with E-state index in [0.29, 0.717) is 67.6 Å². The number of nitro benzene ring substituents is 2. The minimum Gasteiger partial charge on any atom is -0.507 e. The molecule has 5 N–H and O–H groups in total. The van der Waals surface area contributed by atoms with Gasteiger partial charge >= 0.3 is 11.9 Å². The van der Waals surface area contributed by atoms with Gasteiger partial charge in [-0.2, -0.15) is 5.26 Å². The first-order chi connectivity index (χ1) is 69.4. The molecule has 0 spiro atoms. The van der Waals surface area contributed by atoms with Crippen molar-refractivity contribution in [3.8, 4) is 99.4 Å². The number of nitrogens with two attached hydrogens (primary N) is 1. The number of nitrogens with one attached hydrogen (secondary N) is 1. The molecule has 11 aromatic carbocycles. The molecule has 4 aromatic heterocycles. The normalized spacial score (nSPS) is 12.9. The second-order valence-electron chi connectivity index (χ2n) is 36.3. The van der Waals surface area contributed by atoms with Crippen LogP contribution in [-0.4, -0.2) is 90.9 Å². The van der Waals surface area contributed by atoms with Crippen molar-refractivity contribution in [1.82, 2.24) is 34.2 Å². The van der Waals surface area contributed by atoms with Crippen LogP contribution in [0, 0.1) is 85.6 Å². The molecule has 0 bridgehead atoms. The van der Waals surface area contributed by atoms with Crippen molar-refractivity contribution >= 4 is 129 Å². The summed E-state index contributed by atoms with van der Waals surface area (Å²) in [5, 5.41) is 52.9. The number of nitro groups is 2. The number of benzene rings is 11. The Hall–Kier alpha value is -14.3. The number of phenols is 2. The van der Waals surface area contributed by atoms with Crippen molar-refractivity contribution in [2.45, 2.75) is 208 Å². The summed E-state index contributed by atoms with van der Waals surface area (Å²) in [6, 6.07) is 82.7. The largest absolute Gasteiger partial charge is 0.507 e. The van der Waals surface area contributed by atoms with Crippen molar-refractivity contribution in [2.75, 3.05) is 6.61 Å². The summed E-state index contributed by atoms with van der Waals surface area (Å²) < 4.78 is 25.0. The van der Waals surface area contributed by atoms with Crippen molar-refractivity contribution in [3.63, 3.8) is 0 Å². The SMILES string of the molecule is C#CC#CC#COc1ccc(-c2nc(-c3ccccc3)nc(-c3ccccc3)n2)c(O)c1.C=CC(=O)Oc1c(Cc2cc(C)cc(C(C)(C)C)c2O)cc(C)cc1C(C)(C)C.CCOC(=O)C(C#N)=C(c1ccccc1)c1ccccc1.NC1CCCCC1.O=[N+]([O-])c1ccc(Sc2nc3ccccc3s2)c([N+](=O)[O-])c1.S=c1[nH]c2ccccc2s1.[HH].[HH].[HH].[HH].[HH].[HH].c1ccc2sc(SN(C3CCCCC3)C3CCCCC3)nc2c1. The monoisotopic (exact) mass is 2040 g/mol. The summed E-state index contributed by atoms with van der Waals surface area (Å²) >= 11 is 13.0. The van der Waals surface area contributed by atoms with Crippen LogP contribution in [0.15, 0.2) is 287 Å². The summed E-state index contributed by atoms with van der Waals surface area (Å²) in [7, 11) is 0. The molecule has 3 aliphatic rings. The van der Waals surface area contributed by atoms with Gasteiger partial charge in [-0.05, 0) is 189 Å². The third kappa shape index (κ3) is 31.6. The van der Waals surface area contributed by atoms with E-state index < -0.39 is 21.8 Å². The van der Waals surface area contributed by atoms with Crippen LogP contribution in [0.1, 0.15) is 198 Å². The van der Waals surface area contributed by atoms with Crippen LogP contribution in [0.25, 0.3) is 70.4 Å². The van der Waals surface area contributed by atoms with Gasteiger partial charge < -0.3 is 35.1 Å². The number of para-hydroxylation sites is 3. The Labute approximate surface area is 876 Å². The van der Waals surface area contributed by atoms with E-state index >= 15 is 0 Å². The second-order valence-corrected chi connectivity index (χ2v) is 42.6. The first kappa shape index (κ1) is 109. The lowest BCUT2D eigenvalue weighted by molar-refractivity contribution is -0.396. The molecular formula is C116H127N11O11S6. The maximum Gasteiger partial charge on any atom is 0.349 e. The fraction of sp³-hybridized carbons (Fsp3) is 0.267. The molecule has 144 heavy (non-hydrogen) atoms. The number of H-pyrrole nitrogens is 1. The number of hydrogen-bond donors (Lipinski definition) is 4. The highest BCUT2D eigenvalue weighted by Gasteiger charge is 2.33. The number of fused-ring (bicyclic) bond motifs is 3. The average Bonchev–Trinajstić information content (AvgIpc) is 1.21. The Kier molecular flexibility index (Phi) is 40.5. The number of rotatable bonds is 20. The first-order valence-electron chi connectivity index (χ1n) is 47.6. The lowest BCUT2D eigenvalue weighted by atomic mass is 9.81. The van der Waals surface area contributed by atoms with Crippen LogP contribution in [0.2, 0.25) is 0 Å². The number of ether oxygens (including phenoxy) is 3. The third-order valence-electron chi connectivity index (χ3n) is 23.4. The number of thiazole rings is 3. The van der Waals surface area contributed by atoms with E-state index in [1.165, 1.54) is 146 Å². The van der Waals surface area contributed by atoms with Gasteiger partial charge in [0.05, 0.1) is 63.6 Å². The second kappa shape index (κ2) is 53.7. The molecule has 748 valence electrons. The van der Waals surface area contributed by atoms with Gasteiger partial charge in [0, 0.05) is 85.4 Å². The van der Waals surface area contributed by atoms with Crippen molar-refractivity contribution in [2.24, 2.45) is 5.73 Å². The minimum absolute atomic E-state index is 0. The summed E-state index contributed by atoms with van der Waals surface area (Å²) in [5.41, 5.74) is 17.9. The van der Waals surface area contributed by atoms with Crippen molar-refractivity contribution in [3.05, 3.63) is 342 Å². The number of aryl methyl sites for hydroxylation is 2. The molecule has 0 unspecified atom stereocenters. The predicted octanol–water partition coefficient (Wildman–Crippen LogP) is 30.7. The number of hydrogen-bond acceptors (Lipinski definition) is 25. The molecule has 15 aromatic rings. The Morgan fingerprint density at radius 3 is 1.59 bits per heavy atom. The number of phenolic OH excluding ortho intramolecular Hbond substituents is 2. The molecule has 0 amide bonds. The standard InChI is InChI=1S/C27H15N3O2.C26H34O3.C19H26N2S2.C18H15NO2.C13H7N3O4S2.C7H5NS2.C6H13N.6H2/c1-2-3-4-11-18-32-22-16-17-23(24(31)19-22)27-29-25(20-12-7-5-8-13-20)28-26(30-27)21-14-9-6-10-15-21;1-10-22(27)29-24-19(12-17(3)14-21(24)26(7,8)9)15-18-11-16(2)13-20(23(18)28)25(4,5)6;1-3-9-15(10-4-1)21(16-11-5-2-6-12-16)23-19-20-17-13-7-8-14-18(17)22-19;1-2-21-18(20)16(13-19)17(14-9-5-3-6-10-14)15-11-7-4-8-12-15;17-15(18)8-5-6-12(10(7-8)16(19)20)22-13-14-9-3-1-2-4-11(9)21-13;9-7-8-5-3-1-2-4-6(5)10-7;7-6-4-2-1-3-5-6;;;;;;/h1,5-10,12-17,19,31H;10-14,28H,1,15H2,2-9H3;7-8,13-16H,1-6,9-12H2;3-12H,2H2,1H3;1-7H;1-4H,(H,8,9);6H,1-5,7H2;6*1H. The quantitative estimate of drug-likeness (QED) is 0.00634. The average molecular weight is 2040 g/mol. The fourth-order valence-electron chi connectivity index (χ4n) is 16.5. The van der Waals surface area contributed by atoms with Crippen LogP contribution in [-0.2, 0) is 31.6 Å². The lowest BCUT2D eigenvalue weighted by Gasteiger charge is -2.40. The van der Waals surface area contributed by atoms with Gasteiger partial charge in [-0.25, -0.2) is 38.8 Å². The maximum absolute atomic E-state index is 12.1. The molecule has 3 fully saturated rings. The zero-order valence-corrected chi connectivity index (χ0v) is 86.9. The Morgan fingerprint density at radius 1 is 0.597 bits per heavy atom. The van der Waals surface area contributed by atoms with E-state index in [1.807, 2.05) is 225 Å². The zero-order chi connectivity index (χ0) is 103. The van der Waals surface area contributed by atoms with Crippen molar-refractivity contribution < 1.29 is 52.4 Å². The van der Waals surface area contributed by atoms with Gasteiger partial charge in [0.2, 0.25) is 0 Å². The number of terminal acetylenes is 1.